The molecule has 0 saturated carbocycles. The van der Waals surface area contributed by atoms with E-state index in [0.29, 0.717) is 35.2 Å². The number of ether oxygens (including phenoxy) is 1. The number of aromatic nitrogens is 3. The molecule has 1 fully saturated rings. The van der Waals surface area contributed by atoms with Gasteiger partial charge in [0, 0.05) is 26.1 Å². The average Bonchev–Trinajstić information content (AvgIpc) is 2.77. The van der Waals surface area contributed by atoms with Gasteiger partial charge in [-0.05, 0) is 43.7 Å². The number of halogens is 1. The van der Waals surface area contributed by atoms with Gasteiger partial charge in [-0.25, -0.2) is 9.07 Å². The zero-order valence-electron chi connectivity index (χ0n) is 18.1. The van der Waals surface area contributed by atoms with E-state index in [-0.39, 0.29) is 49.0 Å². The number of rotatable bonds is 6. The second-order valence-electron chi connectivity index (χ2n) is 8.11. The predicted molar refractivity (Wildman–Crippen MR) is 119 cm³/mol. The monoisotopic (exact) mass is 439 g/mol. The van der Waals surface area contributed by atoms with Crippen LogP contribution in [0, 0.1) is 5.82 Å². The van der Waals surface area contributed by atoms with Crippen LogP contribution in [0.15, 0.2) is 47.3 Å². The van der Waals surface area contributed by atoms with Crippen LogP contribution in [0.1, 0.15) is 25.8 Å². The summed E-state index contributed by atoms with van der Waals surface area (Å²) in [6, 6.07) is 11.9. The van der Waals surface area contributed by atoms with E-state index in [9.17, 15) is 14.0 Å². The summed E-state index contributed by atoms with van der Waals surface area (Å²) in [5.74, 6) is -0.580. The van der Waals surface area contributed by atoms with Crippen LogP contribution in [0.25, 0.3) is 10.9 Å². The molecule has 1 aliphatic rings. The van der Waals surface area contributed by atoms with Crippen LogP contribution in [0.5, 0.6) is 0 Å². The molecule has 2 atom stereocenters. The van der Waals surface area contributed by atoms with Crippen LogP contribution in [0.4, 0.5) is 10.1 Å². The number of amides is 1. The Balaban J connectivity index is 1.33. The van der Waals surface area contributed by atoms with Crippen molar-refractivity contribution in [1.82, 2.24) is 20.3 Å². The lowest BCUT2D eigenvalue weighted by molar-refractivity contribution is -0.121. The van der Waals surface area contributed by atoms with Crippen molar-refractivity contribution in [3.8, 4) is 0 Å². The zero-order valence-corrected chi connectivity index (χ0v) is 18.1. The lowest BCUT2D eigenvalue weighted by atomic mass is 10.1. The quantitative estimate of drug-likeness (QED) is 0.634. The number of fused-ring (bicyclic) bond motifs is 1. The Morgan fingerprint density at radius 2 is 1.94 bits per heavy atom. The van der Waals surface area contributed by atoms with Gasteiger partial charge < -0.3 is 15.0 Å². The summed E-state index contributed by atoms with van der Waals surface area (Å²) in [6.07, 6.45) is 0.144. The van der Waals surface area contributed by atoms with Gasteiger partial charge in [0.05, 0.1) is 29.8 Å². The number of anilines is 1. The van der Waals surface area contributed by atoms with Crippen molar-refractivity contribution in [2.75, 3.05) is 18.0 Å². The molecule has 2 aromatic carbocycles. The third kappa shape index (κ3) is 4.94. The number of hydrogen-bond donors (Lipinski definition) is 1. The van der Waals surface area contributed by atoms with Crippen molar-refractivity contribution < 1.29 is 13.9 Å². The van der Waals surface area contributed by atoms with Crippen molar-refractivity contribution in [2.45, 2.75) is 45.6 Å². The van der Waals surface area contributed by atoms with Crippen molar-refractivity contribution >= 4 is 22.5 Å². The normalized spacial score (nSPS) is 18.7. The Morgan fingerprint density at radius 3 is 2.69 bits per heavy atom. The lowest BCUT2D eigenvalue weighted by Crippen LogP contribution is -2.45. The van der Waals surface area contributed by atoms with Crippen LogP contribution >= 0.6 is 0 Å². The number of morpholine rings is 1. The van der Waals surface area contributed by atoms with E-state index in [1.165, 1.54) is 10.7 Å². The number of hydrogen-bond acceptors (Lipinski definition) is 6. The molecule has 2 heterocycles. The van der Waals surface area contributed by atoms with Crippen molar-refractivity contribution in [3.05, 3.63) is 64.2 Å². The van der Waals surface area contributed by atoms with Crippen LogP contribution in [0.3, 0.4) is 0 Å². The molecular formula is C23H26FN5O3. The van der Waals surface area contributed by atoms with Gasteiger partial charge >= 0.3 is 0 Å². The van der Waals surface area contributed by atoms with Crippen LogP contribution < -0.4 is 15.8 Å². The molecule has 1 amide bonds. The molecular weight excluding hydrogens is 413 g/mol. The molecule has 3 aromatic rings. The first kappa shape index (κ1) is 21.9. The molecule has 9 heteroatoms. The molecule has 0 spiro atoms. The van der Waals surface area contributed by atoms with E-state index in [0.717, 1.165) is 0 Å². The van der Waals surface area contributed by atoms with Crippen LogP contribution in [-0.4, -0.2) is 46.2 Å². The third-order valence-corrected chi connectivity index (χ3v) is 5.44. The van der Waals surface area contributed by atoms with Gasteiger partial charge in [-0.2, -0.15) is 0 Å². The minimum Gasteiger partial charge on any atom is -0.372 e. The number of carbonyl (C=O) groups is 1. The first-order chi connectivity index (χ1) is 15.4. The second-order valence-corrected chi connectivity index (χ2v) is 8.11. The summed E-state index contributed by atoms with van der Waals surface area (Å²) in [7, 11) is 0. The SMILES string of the molecule is CC1CN(c2ccc(CNC(=O)CCn3nnc4ccccc4c3=O)cc2F)CC(C)O1. The minimum atomic E-state index is -0.323. The van der Waals surface area contributed by atoms with Crippen molar-refractivity contribution in [1.29, 1.82) is 0 Å². The zero-order chi connectivity index (χ0) is 22.7. The van der Waals surface area contributed by atoms with E-state index in [4.69, 9.17) is 4.74 Å². The van der Waals surface area contributed by atoms with Gasteiger partial charge in [-0.1, -0.05) is 23.4 Å². The molecule has 2 unspecified atom stereocenters. The maximum absolute atomic E-state index is 14.7. The van der Waals surface area contributed by atoms with Gasteiger partial charge in [0.15, 0.2) is 0 Å². The van der Waals surface area contributed by atoms with Crippen LogP contribution in [0.2, 0.25) is 0 Å². The molecule has 4 rings (SSSR count). The lowest BCUT2D eigenvalue weighted by Gasteiger charge is -2.37. The average molecular weight is 439 g/mol. The van der Waals surface area contributed by atoms with E-state index in [1.807, 2.05) is 24.8 Å². The summed E-state index contributed by atoms with van der Waals surface area (Å²) in [6.45, 7) is 5.53. The van der Waals surface area contributed by atoms with Gasteiger partial charge in [-0.15, -0.1) is 5.10 Å². The Labute approximate surface area is 185 Å². The fraction of sp³-hybridized carbons (Fsp3) is 0.391. The first-order valence-corrected chi connectivity index (χ1v) is 10.7. The van der Waals surface area contributed by atoms with Gasteiger partial charge in [0.1, 0.15) is 11.3 Å². The number of aryl methyl sites for hydroxylation is 1. The molecule has 1 saturated heterocycles. The third-order valence-electron chi connectivity index (χ3n) is 5.44. The maximum Gasteiger partial charge on any atom is 0.277 e. The first-order valence-electron chi connectivity index (χ1n) is 10.7. The van der Waals surface area contributed by atoms with E-state index < -0.39 is 0 Å². The number of carbonyl (C=O) groups excluding carboxylic acids is 1. The molecule has 0 radical (unpaired) electrons. The van der Waals surface area contributed by atoms with Crippen LogP contribution in [-0.2, 0) is 22.6 Å². The van der Waals surface area contributed by atoms with Gasteiger partial charge in [0.2, 0.25) is 5.91 Å². The van der Waals surface area contributed by atoms with E-state index in [1.54, 1.807) is 30.3 Å². The van der Waals surface area contributed by atoms with E-state index >= 15 is 0 Å². The standard InChI is InChI=1S/C23H26FN5O3/c1-15-13-28(14-16(2)32-15)21-8-7-17(11-19(21)24)12-25-22(30)9-10-29-23(31)18-5-3-4-6-20(18)26-27-29/h3-8,11,15-16H,9-10,12-14H2,1-2H3,(H,25,30). The Kier molecular flexibility index (Phi) is 6.45. The molecule has 1 aromatic heterocycles. The largest absolute Gasteiger partial charge is 0.372 e. The Morgan fingerprint density at radius 1 is 1.19 bits per heavy atom. The fourth-order valence-electron chi connectivity index (χ4n) is 3.96. The van der Waals surface area contributed by atoms with Gasteiger partial charge in [-0.3, -0.25) is 9.59 Å². The highest BCUT2D eigenvalue weighted by Gasteiger charge is 2.24. The molecule has 8 nitrogen and oxygen atoms in total. The molecule has 1 N–H and O–H groups in total. The topological polar surface area (TPSA) is 89.4 Å². The number of nitrogens with one attached hydrogen (secondary N) is 1. The smallest absolute Gasteiger partial charge is 0.277 e. The van der Waals surface area contributed by atoms with E-state index in [2.05, 4.69) is 15.6 Å². The number of benzene rings is 2. The Bertz CT molecular complexity index is 1170. The van der Waals surface area contributed by atoms with Crippen molar-refractivity contribution in [2.24, 2.45) is 0 Å². The summed E-state index contributed by atoms with van der Waals surface area (Å²) in [4.78, 5) is 26.7. The highest BCUT2D eigenvalue weighted by molar-refractivity contribution is 5.77. The molecule has 0 bridgehead atoms. The molecule has 32 heavy (non-hydrogen) atoms. The second kappa shape index (κ2) is 9.44. The summed E-state index contributed by atoms with van der Waals surface area (Å²) in [5, 5.41) is 11.1. The summed E-state index contributed by atoms with van der Waals surface area (Å²) < 4.78 is 21.6. The highest BCUT2D eigenvalue weighted by atomic mass is 19.1. The summed E-state index contributed by atoms with van der Waals surface area (Å²) in [5.41, 5.74) is 1.44. The molecule has 1 aliphatic heterocycles. The molecule has 0 aliphatic carbocycles. The van der Waals surface area contributed by atoms with Crippen molar-refractivity contribution in [3.63, 3.8) is 0 Å². The fourth-order valence-corrected chi connectivity index (χ4v) is 3.96. The number of nitrogens with zero attached hydrogens (tertiary/aromatic N) is 4. The minimum absolute atomic E-state index is 0.0388. The molecule has 168 valence electrons. The maximum atomic E-state index is 14.7. The summed E-state index contributed by atoms with van der Waals surface area (Å²) >= 11 is 0. The Hall–Kier alpha value is -3.33. The predicted octanol–water partition coefficient (Wildman–Crippen LogP) is 2.25. The highest BCUT2D eigenvalue weighted by Crippen LogP contribution is 2.24. The van der Waals surface area contributed by atoms with Gasteiger partial charge in [0.25, 0.3) is 5.56 Å².